The molecule has 3 N–H and O–H groups in total. The average Bonchev–Trinajstić information content (AvgIpc) is 3.28. The predicted octanol–water partition coefficient (Wildman–Crippen LogP) is 1.95. The van der Waals surface area contributed by atoms with E-state index in [4.69, 9.17) is 16.1 Å². The standard InChI is InChI=1S/C16H13ClN6O3/c1-18-15(25)12-11-9(6-10(24)19-14(11)22-21-12)16-20-13(23-26-16)7-2-4-8(17)5-3-7/h2-5,9H,6H2,1H3,(H,18,25)(H2,19,21,22,24)/t9-/m1/s1. The Kier molecular flexibility index (Phi) is 3.92. The van der Waals surface area contributed by atoms with Crippen molar-refractivity contribution >= 4 is 29.2 Å². The van der Waals surface area contributed by atoms with Crippen LogP contribution in [0.15, 0.2) is 28.8 Å². The highest BCUT2D eigenvalue weighted by Gasteiger charge is 2.36. The molecule has 1 aliphatic rings. The second kappa shape index (κ2) is 6.26. The molecule has 2 amide bonds. The zero-order valence-electron chi connectivity index (χ0n) is 13.5. The molecule has 0 radical (unpaired) electrons. The number of hydrogen-bond donors (Lipinski definition) is 3. The number of aromatic amines is 1. The molecule has 10 heteroatoms. The van der Waals surface area contributed by atoms with Crippen molar-refractivity contribution in [2.45, 2.75) is 12.3 Å². The number of amides is 2. The van der Waals surface area contributed by atoms with E-state index in [2.05, 4.69) is 31.0 Å². The van der Waals surface area contributed by atoms with Gasteiger partial charge in [-0.25, -0.2) is 0 Å². The Labute approximate surface area is 152 Å². The van der Waals surface area contributed by atoms with Gasteiger partial charge in [-0.2, -0.15) is 10.1 Å². The molecule has 26 heavy (non-hydrogen) atoms. The number of fused-ring (bicyclic) bond motifs is 1. The molecule has 0 bridgehead atoms. The van der Waals surface area contributed by atoms with Gasteiger partial charge in [-0.05, 0) is 24.3 Å². The third-order valence-electron chi connectivity index (χ3n) is 4.10. The van der Waals surface area contributed by atoms with Gasteiger partial charge in [0, 0.05) is 29.6 Å². The number of nitrogens with zero attached hydrogens (tertiary/aromatic N) is 3. The lowest BCUT2D eigenvalue weighted by atomic mass is 9.91. The Balaban J connectivity index is 1.75. The van der Waals surface area contributed by atoms with Crippen LogP contribution >= 0.6 is 11.6 Å². The Hall–Kier alpha value is -3.20. The van der Waals surface area contributed by atoms with Crippen LogP contribution < -0.4 is 10.6 Å². The molecule has 3 aromatic rings. The van der Waals surface area contributed by atoms with Crippen molar-refractivity contribution in [2.24, 2.45) is 0 Å². The van der Waals surface area contributed by atoms with Crippen molar-refractivity contribution in [3.05, 3.63) is 46.4 Å². The number of nitrogens with one attached hydrogen (secondary N) is 3. The highest BCUT2D eigenvalue weighted by atomic mass is 35.5. The van der Waals surface area contributed by atoms with E-state index in [1.807, 2.05) is 0 Å². The summed E-state index contributed by atoms with van der Waals surface area (Å²) in [6, 6.07) is 6.98. The third-order valence-corrected chi connectivity index (χ3v) is 4.35. The largest absolute Gasteiger partial charge is 0.354 e. The van der Waals surface area contributed by atoms with Crippen LogP contribution in [0.3, 0.4) is 0 Å². The smallest absolute Gasteiger partial charge is 0.269 e. The van der Waals surface area contributed by atoms with Gasteiger partial charge < -0.3 is 15.2 Å². The molecule has 0 saturated heterocycles. The summed E-state index contributed by atoms with van der Waals surface area (Å²) < 4.78 is 5.38. The molecule has 2 aromatic heterocycles. The lowest BCUT2D eigenvalue weighted by molar-refractivity contribution is -0.116. The number of halogens is 1. The summed E-state index contributed by atoms with van der Waals surface area (Å²) in [5, 5.41) is 16.4. The van der Waals surface area contributed by atoms with Gasteiger partial charge in [0.25, 0.3) is 5.91 Å². The zero-order valence-corrected chi connectivity index (χ0v) is 14.3. The molecule has 0 spiro atoms. The van der Waals surface area contributed by atoms with Crippen LogP contribution in [0.2, 0.25) is 5.02 Å². The maximum absolute atomic E-state index is 12.1. The molecule has 0 saturated carbocycles. The Morgan fingerprint density at radius 1 is 1.35 bits per heavy atom. The van der Waals surface area contributed by atoms with E-state index in [1.165, 1.54) is 7.05 Å². The molecule has 0 fully saturated rings. The maximum Gasteiger partial charge on any atom is 0.269 e. The van der Waals surface area contributed by atoms with Crippen LogP contribution in [0.1, 0.15) is 34.3 Å². The Bertz CT molecular complexity index is 994. The van der Waals surface area contributed by atoms with E-state index in [-0.39, 0.29) is 35.6 Å². The first-order valence-electron chi connectivity index (χ1n) is 7.76. The van der Waals surface area contributed by atoms with Crippen LogP contribution in [0, 0.1) is 0 Å². The molecule has 1 aliphatic heterocycles. The van der Waals surface area contributed by atoms with Crippen molar-refractivity contribution in [1.29, 1.82) is 0 Å². The van der Waals surface area contributed by atoms with Crippen LogP contribution in [0.5, 0.6) is 0 Å². The molecule has 0 aliphatic carbocycles. The highest BCUT2D eigenvalue weighted by molar-refractivity contribution is 6.30. The number of carbonyl (C=O) groups is 2. The second-order valence-corrected chi connectivity index (χ2v) is 6.14. The van der Waals surface area contributed by atoms with Gasteiger partial charge >= 0.3 is 0 Å². The molecule has 4 rings (SSSR count). The number of carbonyl (C=O) groups excluding carboxylic acids is 2. The second-order valence-electron chi connectivity index (χ2n) is 5.71. The van der Waals surface area contributed by atoms with Crippen molar-refractivity contribution in [1.82, 2.24) is 25.7 Å². The number of H-pyrrole nitrogens is 1. The zero-order chi connectivity index (χ0) is 18.3. The minimum Gasteiger partial charge on any atom is -0.354 e. The minimum atomic E-state index is -0.571. The lowest BCUT2D eigenvalue weighted by Gasteiger charge is -2.19. The first-order valence-corrected chi connectivity index (χ1v) is 8.14. The normalized spacial score (nSPS) is 16.1. The number of aromatic nitrogens is 4. The van der Waals surface area contributed by atoms with Gasteiger partial charge in [0.15, 0.2) is 5.82 Å². The average molecular weight is 373 g/mol. The third kappa shape index (κ3) is 2.72. The molecule has 0 unspecified atom stereocenters. The first-order chi connectivity index (χ1) is 12.6. The topological polar surface area (TPSA) is 126 Å². The summed E-state index contributed by atoms with van der Waals surface area (Å²) >= 11 is 5.89. The summed E-state index contributed by atoms with van der Waals surface area (Å²) in [5.41, 5.74) is 1.50. The summed E-state index contributed by atoms with van der Waals surface area (Å²) in [4.78, 5) is 28.5. The minimum absolute atomic E-state index is 0.0682. The number of hydrogen-bond acceptors (Lipinski definition) is 6. The summed E-state index contributed by atoms with van der Waals surface area (Å²) in [6.07, 6.45) is 0.0682. The fourth-order valence-electron chi connectivity index (χ4n) is 2.86. The van der Waals surface area contributed by atoms with E-state index in [0.29, 0.717) is 16.4 Å². The van der Waals surface area contributed by atoms with E-state index < -0.39 is 5.92 Å². The summed E-state index contributed by atoms with van der Waals surface area (Å²) in [5.74, 6) is -0.276. The van der Waals surface area contributed by atoms with Crippen LogP contribution in [0.25, 0.3) is 11.4 Å². The number of rotatable bonds is 3. The van der Waals surface area contributed by atoms with E-state index >= 15 is 0 Å². The van der Waals surface area contributed by atoms with Crippen molar-refractivity contribution in [3.8, 4) is 11.4 Å². The molecule has 132 valence electrons. The maximum atomic E-state index is 12.1. The van der Waals surface area contributed by atoms with E-state index in [1.54, 1.807) is 24.3 Å². The van der Waals surface area contributed by atoms with Gasteiger partial charge in [0.05, 0.1) is 5.92 Å². The van der Waals surface area contributed by atoms with Crippen molar-refractivity contribution in [3.63, 3.8) is 0 Å². The van der Waals surface area contributed by atoms with Crippen LogP contribution in [-0.4, -0.2) is 39.2 Å². The molecule has 1 aromatic carbocycles. The Morgan fingerprint density at radius 2 is 2.12 bits per heavy atom. The summed E-state index contributed by atoms with van der Waals surface area (Å²) in [7, 11) is 1.51. The van der Waals surface area contributed by atoms with Gasteiger partial charge in [-0.15, -0.1) is 0 Å². The molecule has 3 heterocycles. The van der Waals surface area contributed by atoms with Gasteiger partial charge in [-0.3, -0.25) is 14.7 Å². The van der Waals surface area contributed by atoms with Gasteiger partial charge in [-0.1, -0.05) is 16.8 Å². The van der Waals surface area contributed by atoms with Crippen molar-refractivity contribution in [2.75, 3.05) is 12.4 Å². The van der Waals surface area contributed by atoms with E-state index in [9.17, 15) is 9.59 Å². The lowest BCUT2D eigenvalue weighted by Crippen LogP contribution is -2.26. The van der Waals surface area contributed by atoms with Gasteiger partial charge in [0.2, 0.25) is 17.6 Å². The highest BCUT2D eigenvalue weighted by Crippen LogP contribution is 2.38. The fourth-order valence-corrected chi connectivity index (χ4v) is 2.98. The monoisotopic (exact) mass is 372 g/mol. The van der Waals surface area contributed by atoms with Crippen molar-refractivity contribution < 1.29 is 14.1 Å². The number of benzene rings is 1. The van der Waals surface area contributed by atoms with Gasteiger partial charge in [0.1, 0.15) is 5.69 Å². The SMILES string of the molecule is CNC(=O)c1[nH]nc2c1[C@H](c1nc(-c3ccc(Cl)cc3)no1)CC(=O)N2. The first kappa shape index (κ1) is 16.3. The quantitative estimate of drug-likeness (QED) is 0.645. The van der Waals surface area contributed by atoms with Crippen LogP contribution in [0.4, 0.5) is 5.82 Å². The fraction of sp³-hybridized carbons (Fsp3) is 0.188. The predicted molar refractivity (Wildman–Crippen MR) is 91.8 cm³/mol. The molecular formula is C16H13ClN6O3. The van der Waals surface area contributed by atoms with Crippen LogP contribution in [-0.2, 0) is 4.79 Å². The Morgan fingerprint density at radius 3 is 2.85 bits per heavy atom. The number of anilines is 1. The molecule has 9 nitrogen and oxygen atoms in total. The molecular weight excluding hydrogens is 360 g/mol. The molecule has 1 atom stereocenters. The summed E-state index contributed by atoms with van der Waals surface area (Å²) in [6.45, 7) is 0. The van der Waals surface area contributed by atoms with E-state index in [0.717, 1.165) is 5.56 Å².